The molecule has 0 unspecified atom stereocenters. The highest BCUT2D eigenvalue weighted by Gasteiger charge is 2.16. The minimum absolute atomic E-state index is 0.256. The van der Waals surface area contributed by atoms with Crippen LogP contribution in [0.5, 0.6) is 0 Å². The maximum Gasteiger partial charge on any atom is 0.413 e. The van der Waals surface area contributed by atoms with E-state index in [1.54, 1.807) is 20.8 Å². The van der Waals surface area contributed by atoms with Gasteiger partial charge in [0.25, 0.3) is 0 Å². The van der Waals surface area contributed by atoms with E-state index < -0.39 is 17.5 Å². The van der Waals surface area contributed by atoms with Crippen molar-refractivity contribution in [3.05, 3.63) is 35.8 Å². The second-order valence-electron chi connectivity index (χ2n) is 5.64. The quantitative estimate of drug-likeness (QED) is 0.891. The normalized spacial score (nSPS) is 11.5. The van der Waals surface area contributed by atoms with Crippen molar-refractivity contribution in [3.8, 4) is 0 Å². The predicted octanol–water partition coefficient (Wildman–Crippen LogP) is 3.21. The van der Waals surface area contributed by atoms with Gasteiger partial charge in [-0.05, 0) is 49.9 Å². The van der Waals surface area contributed by atoms with E-state index in [0.717, 1.165) is 0 Å². The third-order valence-electron chi connectivity index (χ3n) is 2.69. The molecule has 0 spiro atoms. The van der Waals surface area contributed by atoms with Gasteiger partial charge in [-0.1, -0.05) is 0 Å². The highest BCUT2D eigenvalue weighted by Crippen LogP contribution is 2.22. The number of ether oxygens (including phenoxy) is 1. The first-order valence-electron chi connectivity index (χ1n) is 6.47. The Morgan fingerprint density at radius 2 is 2.10 bits per heavy atom. The lowest BCUT2D eigenvalue weighted by Crippen LogP contribution is -2.27. The third kappa shape index (κ3) is 3.88. The zero-order valence-electron chi connectivity index (χ0n) is 12.1. The third-order valence-corrected chi connectivity index (χ3v) is 2.69. The van der Waals surface area contributed by atoms with E-state index in [2.05, 4.69) is 10.3 Å². The van der Waals surface area contributed by atoms with Crippen LogP contribution < -0.4 is 5.32 Å². The Balaban J connectivity index is 2.29. The predicted molar refractivity (Wildman–Crippen MR) is 77.5 cm³/mol. The summed E-state index contributed by atoms with van der Waals surface area (Å²) in [7, 11) is 0. The molecule has 6 heteroatoms. The number of aliphatic hydroxyl groups is 1. The maximum absolute atomic E-state index is 13.5. The molecule has 0 aliphatic heterocycles. The van der Waals surface area contributed by atoms with Gasteiger partial charge in [0.15, 0.2) is 0 Å². The van der Waals surface area contributed by atoms with Crippen molar-refractivity contribution in [3.63, 3.8) is 0 Å². The van der Waals surface area contributed by atoms with Crippen LogP contribution in [0.2, 0.25) is 0 Å². The Hall–Kier alpha value is -2.21. The minimum atomic E-state index is -0.631. The molecule has 1 aromatic carbocycles. The summed E-state index contributed by atoms with van der Waals surface area (Å²) in [6, 6.07) is 4.10. The summed E-state index contributed by atoms with van der Waals surface area (Å²) in [4.78, 5) is 15.7. The molecule has 5 nitrogen and oxygen atoms in total. The first kappa shape index (κ1) is 15.2. The molecule has 21 heavy (non-hydrogen) atoms. The Morgan fingerprint density at radius 3 is 2.71 bits per heavy atom. The van der Waals surface area contributed by atoms with Crippen LogP contribution in [0, 0.1) is 5.82 Å². The van der Waals surface area contributed by atoms with Crippen molar-refractivity contribution in [2.75, 3.05) is 5.32 Å². The average Bonchev–Trinajstić information content (AvgIpc) is 2.34. The van der Waals surface area contributed by atoms with Gasteiger partial charge in [-0.25, -0.2) is 14.2 Å². The average molecular weight is 292 g/mol. The molecule has 2 aromatic rings. The molecule has 0 aliphatic carbocycles. The Morgan fingerprint density at radius 1 is 1.38 bits per heavy atom. The number of nitrogens with zero attached hydrogens (tertiary/aromatic N) is 1. The van der Waals surface area contributed by atoms with E-state index in [-0.39, 0.29) is 12.4 Å². The molecule has 0 radical (unpaired) electrons. The van der Waals surface area contributed by atoms with E-state index in [1.807, 2.05) is 0 Å². The number of benzene rings is 1. The number of aliphatic hydroxyl groups excluding tert-OH is 1. The zero-order chi connectivity index (χ0) is 15.6. The highest BCUT2D eigenvalue weighted by atomic mass is 19.1. The second kappa shape index (κ2) is 5.65. The van der Waals surface area contributed by atoms with Crippen molar-refractivity contribution >= 4 is 22.7 Å². The van der Waals surface area contributed by atoms with Crippen LogP contribution in [-0.4, -0.2) is 21.8 Å². The molecule has 2 N–H and O–H groups in total. The van der Waals surface area contributed by atoms with E-state index >= 15 is 0 Å². The smallest absolute Gasteiger partial charge is 0.413 e. The molecular weight excluding hydrogens is 275 g/mol. The van der Waals surface area contributed by atoms with Gasteiger partial charge < -0.3 is 9.84 Å². The zero-order valence-corrected chi connectivity index (χ0v) is 12.1. The van der Waals surface area contributed by atoms with Crippen molar-refractivity contribution in [2.45, 2.75) is 33.0 Å². The van der Waals surface area contributed by atoms with Crippen molar-refractivity contribution < 1.29 is 19.0 Å². The summed E-state index contributed by atoms with van der Waals surface area (Å²) in [6.45, 7) is 4.98. The monoisotopic (exact) mass is 292 g/mol. The van der Waals surface area contributed by atoms with Crippen LogP contribution >= 0.6 is 0 Å². The molecule has 0 fully saturated rings. The number of fused-ring (bicyclic) bond motifs is 1. The molecule has 0 saturated heterocycles. The number of rotatable bonds is 2. The number of anilines is 1. The fourth-order valence-electron chi connectivity index (χ4n) is 1.90. The summed E-state index contributed by atoms with van der Waals surface area (Å²) in [5.41, 5.74) is -0.168. The number of hydrogen-bond donors (Lipinski definition) is 2. The van der Waals surface area contributed by atoms with Gasteiger partial charge in [-0.2, -0.15) is 0 Å². The summed E-state index contributed by atoms with van der Waals surface area (Å²) >= 11 is 0. The lowest BCUT2D eigenvalue weighted by Gasteiger charge is -2.19. The summed E-state index contributed by atoms with van der Waals surface area (Å²) in [5.74, 6) is -0.202. The largest absolute Gasteiger partial charge is 0.444 e. The molecule has 2 rings (SSSR count). The van der Waals surface area contributed by atoms with Crippen LogP contribution in [0.25, 0.3) is 10.8 Å². The Kier molecular flexibility index (Phi) is 4.09. The first-order valence-corrected chi connectivity index (χ1v) is 6.47. The van der Waals surface area contributed by atoms with Gasteiger partial charge in [0.2, 0.25) is 0 Å². The molecule has 112 valence electrons. The first-order chi connectivity index (χ1) is 9.78. The molecule has 0 bridgehead atoms. The van der Waals surface area contributed by atoms with E-state index in [4.69, 9.17) is 4.74 Å². The maximum atomic E-state index is 13.5. The topological polar surface area (TPSA) is 71.5 Å². The van der Waals surface area contributed by atoms with Gasteiger partial charge in [0.05, 0.1) is 6.61 Å². The van der Waals surface area contributed by atoms with E-state index in [1.165, 1.54) is 24.4 Å². The van der Waals surface area contributed by atoms with Crippen LogP contribution in [0.3, 0.4) is 0 Å². The van der Waals surface area contributed by atoms with E-state index in [9.17, 15) is 14.3 Å². The summed E-state index contributed by atoms with van der Waals surface area (Å²) in [6.07, 6.45) is 0.848. The minimum Gasteiger partial charge on any atom is -0.444 e. The number of nitrogens with one attached hydrogen (secondary N) is 1. The number of amides is 1. The molecule has 1 heterocycles. The molecule has 0 atom stereocenters. The van der Waals surface area contributed by atoms with Gasteiger partial charge in [0, 0.05) is 11.6 Å². The summed E-state index contributed by atoms with van der Waals surface area (Å²) in [5, 5.41) is 12.9. The number of pyridine rings is 1. The Labute approximate surface area is 121 Å². The number of halogens is 1. The molecule has 1 amide bonds. The number of aromatic nitrogens is 1. The lowest BCUT2D eigenvalue weighted by molar-refractivity contribution is 0.0635. The van der Waals surface area contributed by atoms with Gasteiger partial charge >= 0.3 is 6.09 Å². The number of hydrogen-bond acceptors (Lipinski definition) is 4. The number of carbonyl (C=O) groups is 1. The van der Waals surface area contributed by atoms with Crippen molar-refractivity contribution in [1.29, 1.82) is 0 Å². The van der Waals surface area contributed by atoms with Gasteiger partial charge in [-0.15, -0.1) is 0 Å². The van der Waals surface area contributed by atoms with E-state index in [0.29, 0.717) is 16.3 Å². The van der Waals surface area contributed by atoms with Crippen LogP contribution in [0.15, 0.2) is 24.4 Å². The fourth-order valence-corrected chi connectivity index (χ4v) is 1.90. The standard InChI is InChI=1S/C15H17FN2O3/c1-15(2,3)21-14(20)18-13-6-9-4-11(16)5-10(8-19)12(9)7-17-13/h4-7,19H,8H2,1-3H3,(H,17,18,20). The Bertz CT molecular complexity index is 680. The molecule has 0 aliphatic rings. The summed E-state index contributed by atoms with van der Waals surface area (Å²) < 4.78 is 18.6. The van der Waals surface area contributed by atoms with Gasteiger partial charge in [0.1, 0.15) is 17.2 Å². The molecule has 0 saturated carbocycles. The highest BCUT2D eigenvalue weighted by molar-refractivity contribution is 5.90. The van der Waals surface area contributed by atoms with Gasteiger partial charge in [-0.3, -0.25) is 5.32 Å². The number of carbonyl (C=O) groups excluding carboxylic acids is 1. The lowest BCUT2D eigenvalue weighted by atomic mass is 10.1. The van der Waals surface area contributed by atoms with Crippen LogP contribution in [0.1, 0.15) is 26.3 Å². The van der Waals surface area contributed by atoms with Crippen molar-refractivity contribution in [1.82, 2.24) is 4.98 Å². The van der Waals surface area contributed by atoms with Crippen LogP contribution in [0.4, 0.5) is 15.0 Å². The molecular formula is C15H17FN2O3. The fraction of sp³-hybridized carbons (Fsp3) is 0.333. The SMILES string of the molecule is CC(C)(C)OC(=O)Nc1cc2cc(F)cc(CO)c2cn1. The van der Waals surface area contributed by atoms with Crippen LogP contribution in [-0.2, 0) is 11.3 Å². The van der Waals surface area contributed by atoms with Crippen molar-refractivity contribution in [2.24, 2.45) is 0 Å². The second-order valence-corrected chi connectivity index (χ2v) is 5.64. The molecule has 1 aromatic heterocycles.